The molecule has 2 aromatic heterocycles. The number of nitrogens with zero attached hydrogens (tertiary/aromatic N) is 1. The maximum atomic E-state index is 10.0. The van der Waals surface area contributed by atoms with Crippen LogP contribution in [0.1, 0.15) is 19.4 Å². The SMILES string of the molecule is CC(=O)/C=C(/C)O.COc1cccc2c(C)cc(-c3[c-]c4ccccc4o3)nc12.[Ir]. The van der Waals surface area contributed by atoms with Gasteiger partial charge in [0.2, 0.25) is 0 Å². The normalized spacial score (nSPS) is 10.9. The van der Waals surface area contributed by atoms with Crippen LogP contribution in [0.15, 0.2) is 64.8 Å². The third-order valence-corrected chi connectivity index (χ3v) is 4.22. The number of allylic oxidation sites excluding steroid dienone is 2. The first-order chi connectivity index (χ1) is 13.9. The molecule has 6 heteroatoms. The van der Waals surface area contributed by atoms with Gasteiger partial charge in [0.05, 0.1) is 18.6 Å². The summed E-state index contributed by atoms with van der Waals surface area (Å²) in [7, 11) is 1.66. The first-order valence-corrected chi connectivity index (χ1v) is 9.12. The van der Waals surface area contributed by atoms with Crippen molar-refractivity contribution in [1.82, 2.24) is 4.98 Å². The van der Waals surface area contributed by atoms with E-state index in [9.17, 15) is 4.79 Å². The maximum absolute atomic E-state index is 10.0. The summed E-state index contributed by atoms with van der Waals surface area (Å²) in [6.07, 6.45) is 1.17. The summed E-state index contributed by atoms with van der Waals surface area (Å²) in [6, 6.07) is 19.1. The third kappa shape index (κ3) is 5.35. The Balaban J connectivity index is 0.000000350. The predicted octanol–water partition coefficient (Wildman–Crippen LogP) is 5.80. The van der Waals surface area contributed by atoms with Crippen LogP contribution in [0, 0.1) is 13.0 Å². The predicted molar refractivity (Wildman–Crippen MR) is 114 cm³/mol. The summed E-state index contributed by atoms with van der Waals surface area (Å²) in [5.41, 5.74) is 3.56. The number of methoxy groups -OCH3 is 1. The zero-order valence-corrected chi connectivity index (χ0v) is 19.5. The van der Waals surface area contributed by atoms with Gasteiger partial charge in [0.1, 0.15) is 11.3 Å². The summed E-state index contributed by atoms with van der Waals surface area (Å²) < 4.78 is 11.3. The molecule has 0 aliphatic heterocycles. The number of furan rings is 1. The molecule has 0 spiro atoms. The van der Waals surface area contributed by atoms with E-state index in [-0.39, 0.29) is 31.6 Å². The third-order valence-electron chi connectivity index (χ3n) is 4.22. The van der Waals surface area contributed by atoms with Gasteiger partial charge in [0.15, 0.2) is 5.78 Å². The van der Waals surface area contributed by atoms with Gasteiger partial charge in [-0.3, -0.25) is 9.78 Å². The van der Waals surface area contributed by atoms with E-state index in [4.69, 9.17) is 19.2 Å². The van der Waals surface area contributed by atoms with Crippen LogP contribution in [0.3, 0.4) is 0 Å². The Morgan fingerprint density at radius 3 is 2.50 bits per heavy atom. The van der Waals surface area contributed by atoms with Crippen LogP contribution in [-0.2, 0) is 24.9 Å². The second-order valence-electron chi connectivity index (χ2n) is 6.63. The van der Waals surface area contributed by atoms with Crippen molar-refractivity contribution in [2.45, 2.75) is 20.8 Å². The van der Waals surface area contributed by atoms with Crippen molar-refractivity contribution in [2.24, 2.45) is 0 Å². The average Bonchev–Trinajstić information content (AvgIpc) is 3.11. The Morgan fingerprint density at radius 1 is 1.17 bits per heavy atom. The quantitative estimate of drug-likeness (QED) is 0.188. The molecular weight excluding hydrogens is 558 g/mol. The molecule has 30 heavy (non-hydrogen) atoms. The fourth-order valence-corrected chi connectivity index (χ4v) is 3.00. The first-order valence-electron chi connectivity index (χ1n) is 9.12. The molecule has 1 N–H and O–H groups in total. The number of carbonyl (C=O) groups is 1. The molecule has 0 aliphatic rings. The molecular formula is C24H22IrNO4-. The smallest absolute Gasteiger partial charge is 0.155 e. The van der Waals surface area contributed by atoms with Gasteiger partial charge in [-0.1, -0.05) is 36.4 Å². The minimum atomic E-state index is -0.125. The standard InChI is InChI=1S/C19H14NO2.C5H8O2.Ir/c1-12-10-15(18-11-13-6-3-4-8-16(13)22-18)20-19-14(12)7-5-9-17(19)21-2;1-4(6)3-5(2)7;/h3-10H,1-2H3;3,6H,1-2H3;/q-1;;/b;4-3-;. The average molecular weight is 581 g/mol. The van der Waals surface area contributed by atoms with E-state index < -0.39 is 0 Å². The number of pyridine rings is 1. The van der Waals surface area contributed by atoms with Crippen molar-refractivity contribution >= 4 is 27.7 Å². The number of aliphatic hydroxyl groups is 1. The van der Waals surface area contributed by atoms with Gasteiger partial charge in [-0.15, -0.1) is 17.5 Å². The molecule has 157 valence electrons. The fourth-order valence-electron chi connectivity index (χ4n) is 3.00. The summed E-state index contributed by atoms with van der Waals surface area (Å²) in [6.45, 7) is 4.91. The topological polar surface area (TPSA) is 72.6 Å². The van der Waals surface area contributed by atoms with Gasteiger partial charge in [0, 0.05) is 42.8 Å². The maximum Gasteiger partial charge on any atom is 0.155 e. The molecule has 0 saturated heterocycles. The van der Waals surface area contributed by atoms with Crippen LogP contribution < -0.4 is 4.74 Å². The van der Waals surface area contributed by atoms with Crippen molar-refractivity contribution in [3.05, 3.63) is 72.0 Å². The van der Waals surface area contributed by atoms with Crippen LogP contribution >= 0.6 is 0 Å². The number of aryl methyl sites for hydroxylation is 1. The largest absolute Gasteiger partial charge is 0.518 e. The molecule has 0 unspecified atom stereocenters. The van der Waals surface area contributed by atoms with Gasteiger partial charge < -0.3 is 14.3 Å². The molecule has 4 aromatic rings. The minimum absolute atomic E-state index is 0. The zero-order chi connectivity index (χ0) is 21.0. The second kappa shape index (κ2) is 10.2. The van der Waals surface area contributed by atoms with E-state index in [0.29, 0.717) is 5.76 Å². The number of para-hydroxylation sites is 2. The van der Waals surface area contributed by atoms with Crippen LogP contribution in [-0.4, -0.2) is 23.0 Å². The number of rotatable bonds is 3. The van der Waals surface area contributed by atoms with Gasteiger partial charge in [-0.2, -0.15) is 0 Å². The van der Waals surface area contributed by atoms with Crippen molar-refractivity contribution < 1.29 is 39.2 Å². The number of hydrogen-bond donors (Lipinski definition) is 1. The summed E-state index contributed by atoms with van der Waals surface area (Å²) >= 11 is 0. The molecule has 0 aliphatic carbocycles. The molecule has 0 amide bonds. The van der Waals surface area contributed by atoms with Crippen LogP contribution in [0.5, 0.6) is 5.75 Å². The van der Waals surface area contributed by atoms with E-state index in [1.54, 1.807) is 7.11 Å². The molecule has 5 nitrogen and oxygen atoms in total. The minimum Gasteiger partial charge on any atom is -0.518 e. The number of hydrogen-bond acceptors (Lipinski definition) is 5. The summed E-state index contributed by atoms with van der Waals surface area (Å²) in [4.78, 5) is 14.7. The number of benzene rings is 2. The monoisotopic (exact) mass is 581 g/mol. The van der Waals surface area contributed by atoms with E-state index in [1.807, 2.05) is 48.5 Å². The van der Waals surface area contributed by atoms with Crippen LogP contribution in [0.25, 0.3) is 33.3 Å². The van der Waals surface area contributed by atoms with Gasteiger partial charge in [-0.25, -0.2) is 0 Å². The molecule has 2 aromatic carbocycles. The molecule has 1 radical (unpaired) electrons. The number of ketones is 1. The van der Waals surface area contributed by atoms with Crippen molar-refractivity contribution in [3.63, 3.8) is 0 Å². The molecule has 4 rings (SSSR count). The summed E-state index contributed by atoms with van der Waals surface area (Å²) in [5.74, 6) is 1.35. The van der Waals surface area contributed by atoms with E-state index in [0.717, 1.165) is 38.9 Å². The Hall–Kier alpha value is -2.95. The first kappa shape index (κ1) is 23.3. The Bertz CT molecular complexity index is 1170. The van der Waals surface area contributed by atoms with Gasteiger partial charge >= 0.3 is 0 Å². The number of fused-ring (bicyclic) bond motifs is 2. The Labute approximate surface area is 188 Å². The van der Waals surface area contributed by atoms with Crippen molar-refractivity contribution in [2.75, 3.05) is 7.11 Å². The fraction of sp³-hybridized carbons (Fsp3) is 0.167. The molecule has 0 fully saturated rings. The van der Waals surface area contributed by atoms with Crippen LogP contribution in [0.2, 0.25) is 0 Å². The van der Waals surface area contributed by atoms with Gasteiger partial charge in [0.25, 0.3) is 0 Å². The number of aromatic nitrogens is 1. The van der Waals surface area contributed by atoms with E-state index in [2.05, 4.69) is 13.0 Å². The second-order valence-corrected chi connectivity index (χ2v) is 6.63. The van der Waals surface area contributed by atoms with E-state index in [1.165, 1.54) is 19.9 Å². The molecule has 0 saturated carbocycles. The van der Waals surface area contributed by atoms with Crippen molar-refractivity contribution in [3.8, 4) is 17.2 Å². The molecule has 0 bridgehead atoms. The Kier molecular flexibility index (Phi) is 7.92. The number of ether oxygens (including phenoxy) is 1. The number of aliphatic hydroxyl groups excluding tert-OH is 1. The van der Waals surface area contributed by atoms with Crippen LogP contribution in [0.4, 0.5) is 0 Å². The van der Waals surface area contributed by atoms with E-state index >= 15 is 0 Å². The summed E-state index contributed by atoms with van der Waals surface area (Å²) in [5, 5.41) is 10.4. The number of carbonyl (C=O) groups excluding carboxylic acids is 1. The molecule has 0 atom stereocenters. The molecule has 2 heterocycles. The zero-order valence-electron chi connectivity index (χ0n) is 17.1. The Morgan fingerprint density at radius 2 is 1.90 bits per heavy atom. The van der Waals surface area contributed by atoms with Gasteiger partial charge in [-0.05, 0) is 32.4 Å². The van der Waals surface area contributed by atoms with Crippen molar-refractivity contribution in [1.29, 1.82) is 0 Å².